The van der Waals surface area contributed by atoms with E-state index in [1.54, 1.807) is 0 Å². The molecule has 1 aliphatic heterocycles. The first kappa shape index (κ1) is 15.9. The molecule has 8 nitrogen and oxygen atoms in total. The zero-order valence-electron chi connectivity index (χ0n) is 13.9. The molecule has 2 aromatic heterocycles. The molecule has 0 spiro atoms. The predicted octanol–water partition coefficient (Wildman–Crippen LogP) is 2.57. The van der Waals surface area contributed by atoms with E-state index in [0.717, 1.165) is 28.9 Å². The van der Waals surface area contributed by atoms with Gasteiger partial charge in [-0.1, -0.05) is 36.0 Å². The van der Waals surface area contributed by atoms with Gasteiger partial charge < -0.3 is 18.6 Å². The molecular formula is C16H17N5O3S. The number of ether oxygens (including phenoxy) is 2. The van der Waals surface area contributed by atoms with Gasteiger partial charge in [0, 0.05) is 13.5 Å². The number of aryl methyl sites for hydroxylation is 1. The maximum Gasteiger partial charge on any atom is 0.226 e. The minimum Gasteiger partial charge on any atom is -0.485 e. The largest absolute Gasteiger partial charge is 0.485 e. The number of hydrogen-bond donors (Lipinski definition) is 0. The Morgan fingerprint density at radius 1 is 1.24 bits per heavy atom. The molecule has 4 rings (SSSR count). The molecule has 130 valence electrons. The van der Waals surface area contributed by atoms with Gasteiger partial charge in [0.2, 0.25) is 5.89 Å². The van der Waals surface area contributed by atoms with Crippen molar-refractivity contribution in [3.63, 3.8) is 0 Å². The van der Waals surface area contributed by atoms with Crippen LogP contribution in [-0.4, -0.2) is 31.5 Å². The van der Waals surface area contributed by atoms with Crippen LogP contribution >= 0.6 is 11.8 Å². The Labute approximate surface area is 148 Å². The van der Waals surface area contributed by atoms with E-state index in [-0.39, 0.29) is 6.10 Å². The molecular weight excluding hydrogens is 342 g/mol. The Morgan fingerprint density at radius 2 is 2.08 bits per heavy atom. The summed E-state index contributed by atoms with van der Waals surface area (Å²) in [7, 11) is 1.91. The molecule has 1 aromatic carbocycles. The van der Waals surface area contributed by atoms with Gasteiger partial charge in [-0.2, -0.15) is 4.98 Å². The molecule has 0 amide bonds. The Kier molecular flexibility index (Phi) is 4.31. The summed E-state index contributed by atoms with van der Waals surface area (Å²) in [6.45, 7) is 2.38. The summed E-state index contributed by atoms with van der Waals surface area (Å²) in [5.41, 5.74) is 0. The molecule has 9 heteroatoms. The first-order chi connectivity index (χ1) is 12.2. The molecule has 1 atom stereocenters. The van der Waals surface area contributed by atoms with Gasteiger partial charge in [0.05, 0.1) is 5.75 Å². The van der Waals surface area contributed by atoms with Gasteiger partial charge in [0.15, 0.2) is 34.4 Å². The van der Waals surface area contributed by atoms with E-state index in [1.807, 2.05) is 42.8 Å². The normalized spacial score (nSPS) is 16.2. The molecule has 0 aliphatic carbocycles. The SMILES string of the molecule is CCc1nc(CSc2nnc(C3COc4ccccc4O3)n2C)no1. The lowest BCUT2D eigenvalue weighted by molar-refractivity contribution is 0.0825. The Morgan fingerprint density at radius 3 is 2.88 bits per heavy atom. The summed E-state index contributed by atoms with van der Waals surface area (Å²) >= 11 is 1.50. The molecule has 0 N–H and O–H groups in total. The van der Waals surface area contributed by atoms with Crippen LogP contribution in [-0.2, 0) is 19.2 Å². The fourth-order valence-corrected chi connectivity index (χ4v) is 3.26. The second kappa shape index (κ2) is 6.75. The molecule has 0 fully saturated rings. The lowest BCUT2D eigenvalue weighted by atomic mass is 10.2. The standard InChI is InChI=1S/C16H17N5O3S/c1-3-14-17-13(20-24-14)9-25-16-19-18-15(21(16)2)12-8-22-10-6-4-5-7-11(10)23-12/h4-7,12H,3,8-9H2,1-2H3. The van der Waals surface area contributed by atoms with Crippen molar-refractivity contribution in [2.75, 3.05) is 6.61 Å². The van der Waals surface area contributed by atoms with E-state index in [0.29, 0.717) is 24.1 Å². The highest BCUT2D eigenvalue weighted by Crippen LogP contribution is 2.35. The minimum absolute atomic E-state index is 0.293. The van der Waals surface area contributed by atoms with E-state index in [1.165, 1.54) is 11.8 Å². The molecule has 3 heterocycles. The van der Waals surface area contributed by atoms with Crippen LogP contribution in [0.2, 0.25) is 0 Å². The van der Waals surface area contributed by atoms with Crippen LogP contribution in [0.15, 0.2) is 33.9 Å². The van der Waals surface area contributed by atoms with Crippen LogP contribution in [0.1, 0.15) is 30.6 Å². The number of aromatic nitrogens is 5. The van der Waals surface area contributed by atoms with Gasteiger partial charge in [-0.15, -0.1) is 10.2 Å². The lowest BCUT2D eigenvalue weighted by Gasteiger charge is -2.25. The van der Waals surface area contributed by atoms with Crippen LogP contribution in [0.3, 0.4) is 0 Å². The molecule has 0 radical (unpaired) electrons. The number of thioether (sulfide) groups is 1. The average Bonchev–Trinajstić information content (AvgIpc) is 3.26. The topological polar surface area (TPSA) is 88.1 Å². The van der Waals surface area contributed by atoms with Crippen molar-refractivity contribution in [2.45, 2.75) is 30.4 Å². The predicted molar refractivity (Wildman–Crippen MR) is 89.5 cm³/mol. The maximum atomic E-state index is 6.00. The summed E-state index contributed by atoms with van der Waals surface area (Å²) in [5, 5.41) is 13.2. The van der Waals surface area contributed by atoms with Crippen molar-refractivity contribution in [3.8, 4) is 11.5 Å². The fraction of sp³-hybridized carbons (Fsp3) is 0.375. The third kappa shape index (κ3) is 3.19. The highest BCUT2D eigenvalue weighted by atomic mass is 32.2. The monoisotopic (exact) mass is 359 g/mol. The number of benzene rings is 1. The van der Waals surface area contributed by atoms with Crippen molar-refractivity contribution in [2.24, 2.45) is 7.05 Å². The molecule has 0 saturated heterocycles. The van der Waals surface area contributed by atoms with Crippen molar-refractivity contribution >= 4 is 11.8 Å². The van der Waals surface area contributed by atoms with E-state index < -0.39 is 0 Å². The lowest BCUT2D eigenvalue weighted by Crippen LogP contribution is -2.24. The van der Waals surface area contributed by atoms with Crippen LogP contribution in [0.5, 0.6) is 11.5 Å². The smallest absolute Gasteiger partial charge is 0.226 e. The molecule has 1 unspecified atom stereocenters. The molecule has 3 aromatic rings. The van der Waals surface area contributed by atoms with Gasteiger partial charge in [0.25, 0.3) is 0 Å². The van der Waals surface area contributed by atoms with Crippen LogP contribution in [0, 0.1) is 0 Å². The summed E-state index contributed by atoms with van der Waals surface area (Å²) in [4.78, 5) is 4.29. The Hall–Kier alpha value is -2.55. The zero-order valence-corrected chi connectivity index (χ0v) is 14.7. The highest BCUT2D eigenvalue weighted by molar-refractivity contribution is 7.98. The summed E-state index contributed by atoms with van der Waals surface area (Å²) in [6.07, 6.45) is 0.435. The number of fused-ring (bicyclic) bond motifs is 1. The average molecular weight is 359 g/mol. The van der Waals surface area contributed by atoms with E-state index in [2.05, 4.69) is 20.3 Å². The summed E-state index contributed by atoms with van der Waals surface area (Å²) in [6, 6.07) is 7.60. The van der Waals surface area contributed by atoms with Crippen molar-refractivity contribution in [1.29, 1.82) is 0 Å². The third-order valence-electron chi connectivity index (χ3n) is 3.81. The van der Waals surface area contributed by atoms with Gasteiger partial charge in [-0.05, 0) is 12.1 Å². The number of nitrogens with zero attached hydrogens (tertiary/aromatic N) is 5. The highest BCUT2D eigenvalue weighted by Gasteiger charge is 2.27. The minimum atomic E-state index is -0.293. The van der Waals surface area contributed by atoms with Crippen molar-refractivity contribution in [1.82, 2.24) is 24.9 Å². The summed E-state index contributed by atoms with van der Waals surface area (Å²) in [5.74, 6) is 4.05. The maximum absolute atomic E-state index is 6.00. The van der Waals surface area contributed by atoms with Gasteiger partial charge in [-0.3, -0.25) is 0 Å². The Bertz CT molecular complexity index is 878. The van der Waals surface area contributed by atoms with Crippen LogP contribution in [0.4, 0.5) is 0 Å². The molecule has 0 bridgehead atoms. The quantitative estimate of drug-likeness (QED) is 0.642. The first-order valence-electron chi connectivity index (χ1n) is 7.96. The molecule has 25 heavy (non-hydrogen) atoms. The van der Waals surface area contributed by atoms with Crippen LogP contribution in [0.25, 0.3) is 0 Å². The first-order valence-corrected chi connectivity index (χ1v) is 8.95. The van der Waals surface area contributed by atoms with Gasteiger partial charge in [-0.25, -0.2) is 0 Å². The molecule has 0 saturated carbocycles. The number of para-hydroxylation sites is 2. The number of hydrogen-bond acceptors (Lipinski definition) is 8. The van der Waals surface area contributed by atoms with Gasteiger partial charge >= 0.3 is 0 Å². The third-order valence-corrected chi connectivity index (χ3v) is 4.82. The second-order valence-corrected chi connectivity index (χ2v) is 6.45. The summed E-state index contributed by atoms with van der Waals surface area (Å²) < 4.78 is 18.8. The fourth-order valence-electron chi connectivity index (χ4n) is 2.50. The second-order valence-electron chi connectivity index (χ2n) is 5.51. The van der Waals surface area contributed by atoms with E-state index >= 15 is 0 Å². The van der Waals surface area contributed by atoms with Crippen molar-refractivity contribution < 1.29 is 14.0 Å². The molecule has 1 aliphatic rings. The van der Waals surface area contributed by atoms with Gasteiger partial charge in [0.1, 0.15) is 6.61 Å². The number of rotatable bonds is 5. The van der Waals surface area contributed by atoms with Crippen LogP contribution < -0.4 is 9.47 Å². The zero-order chi connectivity index (χ0) is 17.2. The Balaban J connectivity index is 1.46. The van der Waals surface area contributed by atoms with E-state index in [9.17, 15) is 0 Å². The van der Waals surface area contributed by atoms with Crippen molar-refractivity contribution in [3.05, 3.63) is 41.8 Å². The van der Waals surface area contributed by atoms with E-state index in [4.69, 9.17) is 14.0 Å².